The molecule has 0 spiro atoms. The van der Waals surface area contributed by atoms with Crippen molar-refractivity contribution in [1.82, 2.24) is 0 Å². The lowest BCUT2D eigenvalue weighted by atomic mass is 10.1. The fourth-order valence-corrected chi connectivity index (χ4v) is 3.10. The number of fused-ring (bicyclic) bond motifs is 1. The van der Waals surface area contributed by atoms with E-state index in [1.807, 2.05) is 12.1 Å². The Morgan fingerprint density at radius 2 is 1.94 bits per heavy atom. The molecule has 2 nitrogen and oxygen atoms in total. The maximum Gasteiger partial charge on any atom is 0.162 e. The molecule has 0 fully saturated rings. The van der Waals surface area contributed by atoms with Gasteiger partial charge in [-0.05, 0) is 18.1 Å². The lowest BCUT2D eigenvalue weighted by Gasteiger charge is -2.15. The van der Waals surface area contributed by atoms with Crippen LogP contribution in [0.15, 0.2) is 12.1 Å². The Balaban J connectivity index is 2.31. The van der Waals surface area contributed by atoms with Crippen LogP contribution in [0.5, 0.6) is 11.5 Å². The van der Waals surface area contributed by atoms with Crippen LogP contribution in [0.3, 0.4) is 0 Å². The molecule has 1 unspecified atom stereocenters. The van der Waals surface area contributed by atoms with Crippen molar-refractivity contribution in [3.05, 3.63) is 22.7 Å². The van der Waals surface area contributed by atoms with Gasteiger partial charge in [-0.15, -0.1) is 0 Å². The molecule has 4 heteroatoms. The van der Waals surface area contributed by atoms with Gasteiger partial charge in [0.15, 0.2) is 11.5 Å². The SMILES string of the molecule is CCCC(Br)c1cc2c(cc1Cl)OCCCO2. The van der Waals surface area contributed by atoms with Gasteiger partial charge in [0.05, 0.1) is 13.2 Å². The molecule has 0 N–H and O–H groups in total. The van der Waals surface area contributed by atoms with Crippen molar-refractivity contribution in [2.24, 2.45) is 0 Å². The predicted octanol–water partition coefficient (Wildman–Crippen LogP) is 4.74. The Morgan fingerprint density at radius 1 is 1.29 bits per heavy atom. The smallest absolute Gasteiger partial charge is 0.162 e. The number of hydrogen-bond acceptors (Lipinski definition) is 2. The van der Waals surface area contributed by atoms with Crippen LogP contribution in [0.1, 0.15) is 36.6 Å². The largest absolute Gasteiger partial charge is 0.490 e. The molecule has 1 aliphatic rings. The Labute approximate surface area is 115 Å². The molecule has 0 radical (unpaired) electrons. The van der Waals surface area contributed by atoms with Crippen molar-refractivity contribution in [3.8, 4) is 11.5 Å². The van der Waals surface area contributed by atoms with Crippen molar-refractivity contribution >= 4 is 27.5 Å². The van der Waals surface area contributed by atoms with Crippen LogP contribution in [0.4, 0.5) is 0 Å². The summed E-state index contributed by atoms with van der Waals surface area (Å²) in [7, 11) is 0. The molecule has 0 amide bonds. The van der Waals surface area contributed by atoms with Crippen LogP contribution >= 0.6 is 27.5 Å². The molecule has 1 atom stereocenters. The molecule has 0 bridgehead atoms. The van der Waals surface area contributed by atoms with Gasteiger partial charge in [0.25, 0.3) is 0 Å². The first-order valence-electron chi connectivity index (χ1n) is 5.95. The molecule has 0 aliphatic carbocycles. The number of halogens is 2. The summed E-state index contributed by atoms with van der Waals surface area (Å²) in [6.45, 7) is 3.55. The minimum atomic E-state index is 0.275. The van der Waals surface area contributed by atoms with Gasteiger partial charge < -0.3 is 9.47 Å². The van der Waals surface area contributed by atoms with Crippen LogP contribution in [0.25, 0.3) is 0 Å². The highest BCUT2D eigenvalue weighted by molar-refractivity contribution is 9.09. The highest BCUT2D eigenvalue weighted by atomic mass is 79.9. The molecule has 0 aromatic heterocycles. The number of hydrogen-bond donors (Lipinski definition) is 0. The molecule has 1 heterocycles. The van der Waals surface area contributed by atoms with Crippen molar-refractivity contribution in [2.75, 3.05) is 13.2 Å². The van der Waals surface area contributed by atoms with Gasteiger partial charge in [-0.25, -0.2) is 0 Å². The van der Waals surface area contributed by atoms with Gasteiger partial charge in [-0.2, -0.15) is 0 Å². The first-order chi connectivity index (χ1) is 8.22. The average molecular weight is 320 g/mol. The lowest BCUT2D eigenvalue weighted by Crippen LogP contribution is -1.97. The van der Waals surface area contributed by atoms with E-state index in [2.05, 4.69) is 22.9 Å². The van der Waals surface area contributed by atoms with Crippen LogP contribution in [0, 0.1) is 0 Å². The van der Waals surface area contributed by atoms with Crippen molar-refractivity contribution < 1.29 is 9.47 Å². The zero-order valence-corrected chi connectivity index (χ0v) is 12.2. The second-order valence-electron chi connectivity index (χ2n) is 4.13. The van der Waals surface area contributed by atoms with Gasteiger partial charge in [-0.3, -0.25) is 0 Å². The summed E-state index contributed by atoms with van der Waals surface area (Å²) >= 11 is 9.94. The Bertz CT molecular complexity index is 395. The molecule has 1 aliphatic heterocycles. The molecule has 94 valence electrons. The summed E-state index contributed by atoms with van der Waals surface area (Å²) in [4.78, 5) is 0.275. The molecular formula is C13H16BrClO2. The van der Waals surface area contributed by atoms with E-state index in [4.69, 9.17) is 21.1 Å². The summed E-state index contributed by atoms with van der Waals surface area (Å²) < 4.78 is 11.3. The fourth-order valence-electron chi connectivity index (χ4n) is 1.85. The van der Waals surface area contributed by atoms with E-state index < -0.39 is 0 Å². The standard InChI is InChI=1S/C13H16BrClO2/c1-2-4-10(14)9-7-12-13(8-11(9)15)17-6-3-5-16-12/h7-8,10H,2-6H2,1H3. The summed E-state index contributed by atoms with van der Waals surface area (Å²) in [5.74, 6) is 1.56. The molecule has 1 aromatic rings. The second-order valence-corrected chi connectivity index (χ2v) is 5.64. The first-order valence-corrected chi connectivity index (χ1v) is 7.25. The topological polar surface area (TPSA) is 18.5 Å². The van der Waals surface area contributed by atoms with E-state index in [1.165, 1.54) is 0 Å². The maximum absolute atomic E-state index is 6.28. The summed E-state index contributed by atoms with van der Waals surface area (Å²) in [6.07, 6.45) is 3.08. The molecule has 0 saturated heterocycles. The van der Waals surface area contributed by atoms with E-state index in [1.54, 1.807) is 0 Å². The minimum Gasteiger partial charge on any atom is -0.490 e. The van der Waals surface area contributed by atoms with Gasteiger partial charge >= 0.3 is 0 Å². The normalized spacial score (nSPS) is 16.4. The van der Waals surface area contributed by atoms with Crippen molar-refractivity contribution in [1.29, 1.82) is 0 Å². The van der Waals surface area contributed by atoms with Gasteiger partial charge in [-0.1, -0.05) is 40.9 Å². The molecule has 2 rings (SSSR count). The van der Waals surface area contributed by atoms with Gasteiger partial charge in [0.1, 0.15) is 0 Å². The van der Waals surface area contributed by atoms with E-state index >= 15 is 0 Å². The average Bonchev–Trinajstić information content (AvgIpc) is 2.52. The first kappa shape index (κ1) is 13.0. The van der Waals surface area contributed by atoms with Crippen LogP contribution in [0.2, 0.25) is 5.02 Å². The van der Waals surface area contributed by atoms with E-state index in [-0.39, 0.29) is 4.83 Å². The van der Waals surface area contributed by atoms with Crippen LogP contribution in [-0.2, 0) is 0 Å². The van der Waals surface area contributed by atoms with Crippen molar-refractivity contribution in [2.45, 2.75) is 31.0 Å². The quantitative estimate of drug-likeness (QED) is 0.749. The predicted molar refractivity (Wildman–Crippen MR) is 73.6 cm³/mol. The summed E-state index contributed by atoms with van der Waals surface area (Å²) in [5.41, 5.74) is 1.08. The molecule has 17 heavy (non-hydrogen) atoms. The summed E-state index contributed by atoms with van der Waals surface area (Å²) in [6, 6.07) is 3.86. The Morgan fingerprint density at radius 3 is 2.59 bits per heavy atom. The van der Waals surface area contributed by atoms with Crippen molar-refractivity contribution in [3.63, 3.8) is 0 Å². The minimum absolute atomic E-state index is 0.275. The number of rotatable bonds is 3. The molecule has 1 aromatic carbocycles. The highest BCUT2D eigenvalue weighted by Crippen LogP contribution is 2.41. The Hall–Kier alpha value is -0.410. The maximum atomic E-state index is 6.28. The molecular weight excluding hydrogens is 303 g/mol. The number of ether oxygens (including phenoxy) is 2. The number of benzene rings is 1. The van der Waals surface area contributed by atoms with Gasteiger partial charge in [0.2, 0.25) is 0 Å². The third-order valence-corrected chi connectivity index (χ3v) is 4.02. The monoisotopic (exact) mass is 318 g/mol. The van der Waals surface area contributed by atoms with Crippen LogP contribution < -0.4 is 9.47 Å². The summed E-state index contributed by atoms with van der Waals surface area (Å²) in [5, 5.41) is 0.740. The third-order valence-electron chi connectivity index (χ3n) is 2.75. The lowest BCUT2D eigenvalue weighted by molar-refractivity contribution is 0.297. The fraction of sp³-hybridized carbons (Fsp3) is 0.538. The highest BCUT2D eigenvalue weighted by Gasteiger charge is 2.17. The van der Waals surface area contributed by atoms with Gasteiger partial charge in [0, 0.05) is 22.3 Å². The second kappa shape index (κ2) is 5.96. The zero-order chi connectivity index (χ0) is 12.3. The third kappa shape index (κ3) is 3.08. The zero-order valence-electron chi connectivity index (χ0n) is 9.84. The van der Waals surface area contributed by atoms with E-state index in [9.17, 15) is 0 Å². The number of alkyl halides is 1. The van der Waals surface area contributed by atoms with E-state index in [0.29, 0.717) is 13.2 Å². The molecule has 0 saturated carbocycles. The Kier molecular flexibility index (Phi) is 4.57. The van der Waals surface area contributed by atoms with E-state index in [0.717, 1.165) is 41.3 Å². The van der Waals surface area contributed by atoms with Crippen LogP contribution in [-0.4, -0.2) is 13.2 Å².